The van der Waals surface area contributed by atoms with Gasteiger partial charge >= 0.3 is 6.18 Å². The smallest absolute Gasteiger partial charge is 0.455 e. The fourth-order valence-electron chi connectivity index (χ4n) is 4.74. The molecule has 4 nitrogen and oxygen atoms in total. The van der Waals surface area contributed by atoms with Crippen LogP contribution in [0.2, 0.25) is 0 Å². The lowest BCUT2D eigenvalue weighted by Gasteiger charge is -2.43. The van der Waals surface area contributed by atoms with Crippen molar-refractivity contribution < 1.29 is 22.7 Å². The first kappa shape index (κ1) is 21.2. The number of carbonyl (C=O) groups excluding carboxylic acids is 1. The maximum Gasteiger partial charge on any atom is 0.456 e. The van der Waals surface area contributed by atoms with Gasteiger partial charge in [0.25, 0.3) is 5.78 Å². The summed E-state index contributed by atoms with van der Waals surface area (Å²) in [4.78, 5) is 13.8. The molecule has 1 N–H and O–H groups in total. The number of alkyl halides is 3. The van der Waals surface area contributed by atoms with Gasteiger partial charge in [0.2, 0.25) is 0 Å². The van der Waals surface area contributed by atoms with Crippen molar-refractivity contribution in [3.8, 4) is 11.5 Å². The summed E-state index contributed by atoms with van der Waals surface area (Å²) in [7, 11) is 0. The number of fused-ring (bicyclic) bond motifs is 5. The second-order valence-electron chi connectivity index (χ2n) is 8.10. The number of ether oxygens (including phenoxy) is 1. The zero-order chi connectivity index (χ0) is 22.3. The SMILES string of the molecule is C=Cc1cc(C)cc2c1N1CCC[C@H](CC(=N)C(=O)C(F)(F)F)[C@H]1c1ccccc1O2. The molecule has 0 bridgehead atoms. The van der Waals surface area contributed by atoms with Gasteiger partial charge in [0.1, 0.15) is 5.75 Å². The topological polar surface area (TPSA) is 53.4 Å². The number of halogens is 3. The van der Waals surface area contributed by atoms with Crippen molar-refractivity contribution in [1.29, 1.82) is 5.41 Å². The average Bonchev–Trinajstić information content (AvgIpc) is 2.86. The Morgan fingerprint density at radius 2 is 2.03 bits per heavy atom. The highest BCUT2D eigenvalue weighted by Gasteiger charge is 2.44. The van der Waals surface area contributed by atoms with Crippen LogP contribution in [0.4, 0.5) is 18.9 Å². The Morgan fingerprint density at radius 3 is 2.74 bits per heavy atom. The van der Waals surface area contributed by atoms with Gasteiger partial charge < -0.3 is 15.0 Å². The Balaban J connectivity index is 1.82. The summed E-state index contributed by atoms with van der Waals surface area (Å²) < 4.78 is 45.0. The molecule has 2 heterocycles. The van der Waals surface area contributed by atoms with E-state index in [1.54, 1.807) is 6.08 Å². The van der Waals surface area contributed by atoms with E-state index in [1.165, 1.54) is 0 Å². The number of piperidine rings is 1. The van der Waals surface area contributed by atoms with E-state index in [0.717, 1.165) is 28.8 Å². The molecule has 4 rings (SSSR count). The minimum Gasteiger partial charge on any atom is -0.455 e. The quantitative estimate of drug-likeness (QED) is 0.586. The van der Waals surface area contributed by atoms with Crippen LogP contribution >= 0.6 is 0 Å². The van der Waals surface area contributed by atoms with Crippen LogP contribution in [0.5, 0.6) is 11.5 Å². The van der Waals surface area contributed by atoms with Crippen molar-refractivity contribution in [2.45, 2.75) is 38.4 Å². The van der Waals surface area contributed by atoms with E-state index in [9.17, 15) is 18.0 Å². The summed E-state index contributed by atoms with van der Waals surface area (Å²) in [6.45, 7) is 6.59. The third kappa shape index (κ3) is 3.84. The monoisotopic (exact) mass is 428 g/mol. The van der Waals surface area contributed by atoms with Crippen LogP contribution in [-0.4, -0.2) is 24.2 Å². The summed E-state index contributed by atoms with van der Waals surface area (Å²) in [5, 5.41) is 7.85. The number of hydrogen-bond acceptors (Lipinski definition) is 4. The molecule has 2 atom stereocenters. The van der Waals surface area contributed by atoms with Crippen molar-refractivity contribution in [2.24, 2.45) is 5.92 Å². The molecule has 2 aliphatic heterocycles. The number of rotatable bonds is 4. The van der Waals surface area contributed by atoms with E-state index in [2.05, 4.69) is 11.5 Å². The Labute approximate surface area is 178 Å². The molecule has 2 aromatic rings. The molecule has 0 spiro atoms. The molecule has 162 valence electrons. The van der Waals surface area contributed by atoms with E-state index >= 15 is 0 Å². The predicted octanol–water partition coefficient (Wildman–Crippen LogP) is 6.24. The van der Waals surface area contributed by atoms with Crippen molar-refractivity contribution in [2.75, 3.05) is 11.4 Å². The number of carbonyl (C=O) groups is 1. The molecule has 0 saturated carbocycles. The predicted molar refractivity (Wildman–Crippen MR) is 114 cm³/mol. The van der Waals surface area contributed by atoms with E-state index in [4.69, 9.17) is 10.1 Å². The fraction of sp³-hybridized carbons (Fsp3) is 0.333. The standard InChI is InChI=1S/C24H23F3N2O2/c1-3-15-11-14(2)12-20-22(15)29-10-6-7-16(13-18(28)23(30)24(25,26)27)21(29)17-8-4-5-9-19(17)31-20/h3-5,8-9,11-12,16,21,28H,1,6-7,10,13H2,2H3/t16-,21+/m1/s1. The minimum atomic E-state index is -5.03. The number of nitrogens with one attached hydrogen (secondary N) is 1. The average molecular weight is 428 g/mol. The van der Waals surface area contributed by atoms with E-state index < -0.39 is 17.7 Å². The van der Waals surface area contributed by atoms with Gasteiger partial charge in [-0.05, 0) is 55.9 Å². The Bertz CT molecular complexity index is 1060. The molecule has 31 heavy (non-hydrogen) atoms. The lowest BCUT2D eigenvalue weighted by Crippen LogP contribution is -2.41. The van der Waals surface area contributed by atoms with E-state index in [-0.39, 0.29) is 18.4 Å². The number of benzene rings is 2. The first-order valence-electron chi connectivity index (χ1n) is 10.2. The molecule has 0 radical (unpaired) electrons. The number of aryl methyl sites for hydroxylation is 1. The number of nitrogens with zero attached hydrogens (tertiary/aromatic N) is 1. The van der Waals surface area contributed by atoms with Crippen LogP contribution in [0.25, 0.3) is 6.08 Å². The maximum atomic E-state index is 12.9. The Hall–Kier alpha value is -3.09. The molecule has 2 aromatic carbocycles. The number of anilines is 1. The third-order valence-corrected chi connectivity index (χ3v) is 5.97. The number of hydrogen-bond donors (Lipinski definition) is 1. The highest BCUT2D eigenvalue weighted by atomic mass is 19.4. The lowest BCUT2D eigenvalue weighted by atomic mass is 9.80. The molecule has 0 aromatic heterocycles. The van der Waals surface area contributed by atoms with Gasteiger partial charge in [-0.1, -0.05) is 30.9 Å². The first-order chi connectivity index (χ1) is 14.7. The van der Waals surface area contributed by atoms with Crippen LogP contribution < -0.4 is 9.64 Å². The van der Waals surface area contributed by atoms with Gasteiger partial charge in [0.15, 0.2) is 5.75 Å². The Kier molecular flexibility index (Phi) is 5.37. The van der Waals surface area contributed by atoms with Crippen molar-refractivity contribution in [3.05, 3.63) is 59.7 Å². The summed E-state index contributed by atoms with van der Waals surface area (Å²) in [5.74, 6) is -1.09. The van der Waals surface area contributed by atoms with Crippen LogP contribution in [0.1, 0.15) is 42.0 Å². The van der Waals surface area contributed by atoms with Gasteiger partial charge in [0.05, 0.1) is 17.4 Å². The second-order valence-corrected chi connectivity index (χ2v) is 8.10. The molecule has 0 amide bonds. The van der Waals surface area contributed by atoms with Crippen LogP contribution in [0.15, 0.2) is 43.0 Å². The molecule has 2 aliphatic rings. The molecular formula is C24H23F3N2O2. The molecular weight excluding hydrogens is 405 g/mol. The molecule has 7 heteroatoms. The Morgan fingerprint density at radius 1 is 1.29 bits per heavy atom. The normalized spacial score (nSPS) is 19.9. The summed E-state index contributed by atoms with van der Waals surface area (Å²) in [6.07, 6.45) is -2.16. The van der Waals surface area contributed by atoms with Crippen molar-refractivity contribution in [1.82, 2.24) is 0 Å². The lowest BCUT2D eigenvalue weighted by molar-refractivity contribution is -0.163. The number of ketones is 1. The van der Waals surface area contributed by atoms with E-state index in [0.29, 0.717) is 24.5 Å². The third-order valence-electron chi connectivity index (χ3n) is 5.97. The van der Waals surface area contributed by atoms with E-state index in [1.807, 2.05) is 43.3 Å². The highest BCUT2D eigenvalue weighted by Crippen LogP contribution is 2.52. The van der Waals surface area contributed by atoms with Crippen molar-refractivity contribution >= 4 is 23.3 Å². The van der Waals surface area contributed by atoms with Gasteiger partial charge in [-0.15, -0.1) is 0 Å². The highest BCUT2D eigenvalue weighted by molar-refractivity contribution is 6.40. The summed E-state index contributed by atoms with van der Waals surface area (Å²) in [6, 6.07) is 11.1. The van der Waals surface area contributed by atoms with Crippen LogP contribution in [-0.2, 0) is 4.79 Å². The van der Waals surface area contributed by atoms with Gasteiger partial charge in [-0.3, -0.25) is 4.79 Å². The minimum absolute atomic E-state index is 0.238. The molecule has 0 aliphatic carbocycles. The van der Waals surface area contributed by atoms with Crippen LogP contribution in [0.3, 0.4) is 0 Å². The van der Waals surface area contributed by atoms with Gasteiger partial charge in [0, 0.05) is 17.7 Å². The first-order valence-corrected chi connectivity index (χ1v) is 10.2. The largest absolute Gasteiger partial charge is 0.456 e. The summed E-state index contributed by atoms with van der Waals surface area (Å²) >= 11 is 0. The molecule has 1 saturated heterocycles. The fourth-order valence-corrected chi connectivity index (χ4v) is 4.74. The van der Waals surface area contributed by atoms with Crippen molar-refractivity contribution in [3.63, 3.8) is 0 Å². The zero-order valence-corrected chi connectivity index (χ0v) is 17.1. The van der Waals surface area contributed by atoms with Gasteiger partial charge in [-0.25, -0.2) is 0 Å². The number of para-hydroxylation sites is 1. The maximum absolute atomic E-state index is 12.9. The zero-order valence-electron chi connectivity index (χ0n) is 17.1. The summed E-state index contributed by atoms with van der Waals surface area (Å²) in [5.41, 5.74) is 2.70. The molecule has 0 unspecified atom stereocenters. The molecule has 1 fully saturated rings. The second kappa shape index (κ2) is 7.87. The van der Waals surface area contributed by atoms with Crippen LogP contribution in [0, 0.1) is 18.3 Å². The number of Topliss-reactive ketones (excluding diaryl/α,β-unsaturated/α-hetero) is 1. The van der Waals surface area contributed by atoms with Gasteiger partial charge in [-0.2, -0.15) is 13.2 Å².